The molecule has 0 spiro atoms. The highest BCUT2D eigenvalue weighted by atomic mass is 14.0. The summed E-state index contributed by atoms with van der Waals surface area (Å²) in [7, 11) is 0. The lowest BCUT2D eigenvalue weighted by molar-refractivity contribution is 1.02. The highest BCUT2D eigenvalue weighted by Gasteiger charge is 1.89. The van der Waals surface area contributed by atoms with Gasteiger partial charge in [0.25, 0.3) is 0 Å². The first-order valence-corrected chi connectivity index (χ1v) is 3.43. The molecule has 0 saturated heterocycles. The smallest absolute Gasteiger partial charge is 0.0303 e. The van der Waals surface area contributed by atoms with Crippen molar-refractivity contribution in [3.8, 4) is 0 Å². The zero-order chi connectivity index (χ0) is 6.53. The monoisotopic (exact) mass is 120 g/mol. The lowest BCUT2D eigenvalue weighted by Crippen LogP contribution is -1.78. The van der Waals surface area contributed by atoms with Crippen LogP contribution in [-0.4, -0.2) is 0 Å². The predicted octanol–water partition coefficient (Wildman–Crippen LogP) is 2.84. The zero-order valence-electron chi connectivity index (χ0n) is 5.80. The Bertz CT molecular complexity index is 155. The summed E-state index contributed by atoms with van der Waals surface area (Å²) in [5.41, 5.74) is 1.35. The molecule has 0 unspecified atom stereocenters. The van der Waals surface area contributed by atoms with E-state index in [1.165, 1.54) is 18.4 Å². The van der Waals surface area contributed by atoms with Gasteiger partial charge in [-0.3, -0.25) is 0 Å². The van der Waals surface area contributed by atoms with E-state index in [9.17, 15) is 0 Å². The normalized spacial score (nSPS) is 18.6. The second-order valence-electron chi connectivity index (χ2n) is 2.18. The SMILES string of the molecule is C/C=C/C1=CCCC=C1. The van der Waals surface area contributed by atoms with Crippen molar-refractivity contribution in [1.82, 2.24) is 0 Å². The quantitative estimate of drug-likeness (QED) is 0.499. The first-order chi connectivity index (χ1) is 4.43. The molecule has 1 aliphatic carbocycles. The molecule has 0 saturated carbocycles. The molecule has 9 heavy (non-hydrogen) atoms. The van der Waals surface area contributed by atoms with Crippen molar-refractivity contribution in [3.05, 3.63) is 36.0 Å². The van der Waals surface area contributed by atoms with Crippen LogP contribution in [0.2, 0.25) is 0 Å². The largest absolute Gasteiger partial charge is 0.0871 e. The van der Waals surface area contributed by atoms with Crippen LogP contribution in [0.4, 0.5) is 0 Å². The van der Waals surface area contributed by atoms with Crippen molar-refractivity contribution >= 4 is 0 Å². The molecule has 1 aliphatic rings. The van der Waals surface area contributed by atoms with Crippen LogP contribution in [0.1, 0.15) is 19.8 Å². The first kappa shape index (κ1) is 6.34. The molecule has 0 amide bonds. The summed E-state index contributed by atoms with van der Waals surface area (Å²) in [6.07, 6.45) is 13.3. The van der Waals surface area contributed by atoms with E-state index in [4.69, 9.17) is 0 Å². The summed E-state index contributed by atoms with van der Waals surface area (Å²) in [5.74, 6) is 0. The average molecular weight is 120 g/mol. The predicted molar refractivity (Wildman–Crippen MR) is 41.3 cm³/mol. The zero-order valence-corrected chi connectivity index (χ0v) is 5.80. The number of rotatable bonds is 1. The van der Waals surface area contributed by atoms with Crippen LogP contribution in [0.25, 0.3) is 0 Å². The third kappa shape index (κ3) is 1.88. The van der Waals surface area contributed by atoms with Crippen molar-refractivity contribution in [1.29, 1.82) is 0 Å². The van der Waals surface area contributed by atoms with Crippen molar-refractivity contribution in [3.63, 3.8) is 0 Å². The topological polar surface area (TPSA) is 0 Å². The summed E-state index contributed by atoms with van der Waals surface area (Å²) in [6.45, 7) is 2.04. The molecule has 0 fully saturated rings. The minimum Gasteiger partial charge on any atom is -0.0871 e. The van der Waals surface area contributed by atoms with Crippen LogP contribution >= 0.6 is 0 Å². The van der Waals surface area contributed by atoms with E-state index in [1.54, 1.807) is 0 Å². The average Bonchev–Trinajstić information content (AvgIpc) is 1.91. The van der Waals surface area contributed by atoms with Gasteiger partial charge in [-0.1, -0.05) is 30.4 Å². The van der Waals surface area contributed by atoms with E-state index in [0.29, 0.717) is 0 Å². The molecular formula is C9H12. The Balaban J connectivity index is 2.58. The van der Waals surface area contributed by atoms with Crippen LogP contribution in [0, 0.1) is 0 Å². The van der Waals surface area contributed by atoms with Crippen LogP contribution < -0.4 is 0 Å². The molecule has 0 aromatic carbocycles. The third-order valence-corrected chi connectivity index (χ3v) is 1.38. The van der Waals surface area contributed by atoms with E-state index in [0.717, 1.165) is 0 Å². The molecular weight excluding hydrogens is 108 g/mol. The lowest BCUT2D eigenvalue weighted by Gasteiger charge is -1.99. The third-order valence-electron chi connectivity index (χ3n) is 1.38. The van der Waals surface area contributed by atoms with Crippen molar-refractivity contribution in [2.75, 3.05) is 0 Å². The van der Waals surface area contributed by atoms with E-state index in [-0.39, 0.29) is 0 Å². The van der Waals surface area contributed by atoms with E-state index >= 15 is 0 Å². The Morgan fingerprint density at radius 1 is 1.44 bits per heavy atom. The Labute approximate surface area is 56.6 Å². The van der Waals surface area contributed by atoms with Crippen molar-refractivity contribution < 1.29 is 0 Å². The molecule has 0 atom stereocenters. The fourth-order valence-electron chi connectivity index (χ4n) is 0.950. The van der Waals surface area contributed by atoms with Crippen LogP contribution in [0.5, 0.6) is 0 Å². The van der Waals surface area contributed by atoms with Gasteiger partial charge in [0.15, 0.2) is 0 Å². The molecule has 48 valence electrons. The summed E-state index contributed by atoms with van der Waals surface area (Å²) in [4.78, 5) is 0. The van der Waals surface area contributed by atoms with Gasteiger partial charge in [0.1, 0.15) is 0 Å². The maximum absolute atomic E-state index is 2.26. The second-order valence-corrected chi connectivity index (χ2v) is 2.18. The maximum Gasteiger partial charge on any atom is -0.0303 e. The van der Waals surface area contributed by atoms with E-state index in [1.807, 2.05) is 6.92 Å². The summed E-state index contributed by atoms with van der Waals surface area (Å²) in [6, 6.07) is 0. The molecule has 0 aliphatic heterocycles. The summed E-state index contributed by atoms with van der Waals surface area (Å²) >= 11 is 0. The van der Waals surface area contributed by atoms with Gasteiger partial charge in [-0.2, -0.15) is 0 Å². The van der Waals surface area contributed by atoms with Gasteiger partial charge in [0.05, 0.1) is 0 Å². The van der Waals surface area contributed by atoms with Crippen LogP contribution in [0.3, 0.4) is 0 Å². The van der Waals surface area contributed by atoms with Gasteiger partial charge < -0.3 is 0 Å². The fourth-order valence-corrected chi connectivity index (χ4v) is 0.950. The van der Waals surface area contributed by atoms with Gasteiger partial charge in [-0.15, -0.1) is 0 Å². The minimum atomic E-state index is 1.20. The Hall–Kier alpha value is -0.780. The lowest BCUT2D eigenvalue weighted by atomic mass is 10.1. The molecule has 0 N–H and O–H groups in total. The highest BCUT2D eigenvalue weighted by molar-refractivity contribution is 5.32. The molecule has 0 nitrogen and oxygen atoms in total. The van der Waals surface area contributed by atoms with Gasteiger partial charge in [0.2, 0.25) is 0 Å². The fraction of sp³-hybridized carbons (Fsp3) is 0.333. The van der Waals surface area contributed by atoms with Crippen LogP contribution in [-0.2, 0) is 0 Å². The second kappa shape index (κ2) is 3.29. The van der Waals surface area contributed by atoms with Crippen LogP contribution in [0.15, 0.2) is 36.0 Å². The summed E-state index contributed by atoms with van der Waals surface area (Å²) in [5, 5.41) is 0. The molecule has 0 heterocycles. The molecule has 0 radical (unpaired) electrons. The number of hydrogen-bond acceptors (Lipinski definition) is 0. The van der Waals surface area contributed by atoms with Gasteiger partial charge in [-0.25, -0.2) is 0 Å². The number of hydrogen-bond donors (Lipinski definition) is 0. The molecule has 0 heteroatoms. The van der Waals surface area contributed by atoms with E-state index in [2.05, 4.69) is 30.4 Å². The van der Waals surface area contributed by atoms with E-state index < -0.39 is 0 Å². The Morgan fingerprint density at radius 2 is 2.33 bits per heavy atom. The highest BCUT2D eigenvalue weighted by Crippen LogP contribution is 2.09. The Kier molecular flexibility index (Phi) is 2.32. The minimum absolute atomic E-state index is 1.20. The first-order valence-electron chi connectivity index (χ1n) is 3.43. The molecule has 0 aromatic heterocycles. The molecule has 1 rings (SSSR count). The van der Waals surface area contributed by atoms with Crippen molar-refractivity contribution in [2.24, 2.45) is 0 Å². The molecule has 0 bridgehead atoms. The molecule has 0 aromatic rings. The van der Waals surface area contributed by atoms with Gasteiger partial charge in [-0.05, 0) is 25.3 Å². The van der Waals surface area contributed by atoms with Crippen molar-refractivity contribution in [2.45, 2.75) is 19.8 Å². The Morgan fingerprint density at radius 3 is 2.89 bits per heavy atom. The maximum atomic E-state index is 2.26. The van der Waals surface area contributed by atoms with Gasteiger partial charge in [0, 0.05) is 0 Å². The standard InChI is InChI=1S/C9H12/c1-2-6-9-7-4-3-5-8-9/h2,4,6-8H,3,5H2,1H3/b6-2+. The summed E-state index contributed by atoms with van der Waals surface area (Å²) < 4.78 is 0. The number of allylic oxidation sites excluding steroid dienone is 6. The van der Waals surface area contributed by atoms with Gasteiger partial charge >= 0.3 is 0 Å².